The fourth-order valence-electron chi connectivity index (χ4n) is 2.63. The minimum atomic E-state index is -0.234. The zero-order chi connectivity index (χ0) is 19.7. The number of nitrogens with one attached hydrogen (secondary N) is 1. The van der Waals surface area contributed by atoms with E-state index in [-0.39, 0.29) is 5.91 Å². The van der Waals surface area contributed by atoms with Crippen LogP contribution in [0, 0.1) is 13.8 Å². The molecule has 140 valence electrons. The van der Waals surface area contributed by atoms with Gasteiger partial charge < -0.3 is 0 Å². The van der Waals surface area contributed by atoms with Gasteiger partial charge in [-0.3, -0.25) is 10.1 Å². The maximum Gasteiger partial charge on any atom is 0.257 e. The molecule has 7 nitrogen and oxygen atoms in total. The zero-order valence-electron chi connectivity index (χ0n) is 15.0. The second-order valence-corrected chi connectivity index (χ2v) is 7.35. The Balaban J connectivity index is 1.56. The van der Waals surface area contributed by atoms with E-state index in [4.69, 9.17) is 11.6 Å². The first-order valence-electron chi connectivity index (χ1n) is 8.41. The van der Waals surface area contributed by atoms with E-state index in [1.54, 1.807) is 28.9 Å². The third-order valence-electron chi connectivity index (χ3n) is 4.12. The molecule has 9 heteroatoms. The summed E-state index contributed by atoms with van der Waals surface area (Å²) in [7, 11) is 0. The number of nitrogens with zero attached hydrogens (tertiary/aromatic N) is 5. The van der Waals surface area contributed by atoms with Crippen molar-refractivity contribution in [1.82, 2.24) is 24.4 Å². The average molecular weight is 411 g/mol. The van der Waals surface area contributed by atoms with Crippen LogP contribution in [0.25, 0.3) is 17.2 Å². The molecule has 1 amide bonds. The van der Waals surface area contributed by atoms with Crippen molar-refractivity contribution in [2.24, 2.45) is 0 Å². The highest BCUT2D eigenvalue weighted by atomic mass is 35.5. The Morgan fingerprint density at radius 1 is 1.14 bits per heavy atom. The molecule has 28 heavy (non-hydrogen) atoms. The van der Waals surface area contributed by atoms with E-state index in [0.29, 0.717) is 27.2 Å². The number of hydrogen-bond donors (Lipinski definition) is 1. The average Bonchev–Trinajstić information content (AvgIpc) is 3.28. The van der Waals surface area contributed by atoms with Gasteiger partial charge in [0.2, 0.25) is 5.13 Å². The summed E-state index contributed by atoms with van der Waals surface area (Å²) >= 11 is 7.15. The van der Waals surface area contributed by atoms with Crippen molar-refractivity contribution in [2.45, 2.75) is 13.8 Å². The van der Waals surface area contributed by atoms with Gasteiger partial charge in [-0.05, 0) is 44.2 Å². The van der Waals surface area contributed by atoms with Crippen molar-refractivity contribution < 1.29 is 4.79 Å². The number of rotatable bonds is 4. The van der Waals surface area contributed by atoms with E-state index in [2.05, 4.69) is 25.0 Å². The number of benzene rings is 2. The van der Waals surface area contributed by atoms with E-state index < -0.39 is 0 Å². The third kappa shape index (κ3) is 3.64. The molecule has 0 atom stereocenters. The molecule has 0 aliphatic rings. The van der Waals surface area contributed by atoms with Crippen LogP contribution in [-0.4, -0.2) is 30.3 Å². The summed E-state index contributed by atoms with van der Waals surface area (Å²) in [5, 5.41) is 12.1. The topological polar surface area (TPSA) is 85.6 Å². The molecule has 4 rings (SSSR count). The van der Waals surface area contributed by atoms with Crippen LogP contribution in [0.3, 0.4) is 0 Å². The van der Waals surface area contributed by atoms with Crippen LogP contribution < -0.4 is 5.32 Å². The molecular formula is C19H15ClN6OS. The molecule has 0 aliphatic heterocycles. The Kier molecular flexibility index (Phi) is 4.89. The number of hydrogen-bond acceptors (Lipinski definition) is 6. The van der Waals surface area contributed by atoms with Crippen molar-refractivity contribution in [3.05, 3.63) is 70.4 Å². The molecule has 4 aromatic rings. The number of anilines is 1. The quantitative estimate of drug-likeness (QED) is 0.541. The van der Waals surface area contributed by atoms with Crippen molar-refractivity contribution in [3.63, 3.8) is 0 Å². The molecule has 2 heterocycles. The van der Waals surface area contributed by atoms with Crippen LogP contribution in [0.1, 0.15) is 21.6 Å². The fraction of sp³-hybridized carbons (Fsp3) is 0.105. The van der Waals surface area contributed by atoms with Crippen molar-refractivity contribution in [2.75, 3.05) is 5.32 Å². The van der Waals surface area contributed by atoms with E-state index in [1.807, 2.05) is 38.1 Å². The lowest BCUT2D eigenvalue weighted by Crippen LogP contribution is -2.11. The van der Waals surface area contributed by atoms with E-state index in [0.717, 1.165) is 28.5 Å². The highest BCUT2D eigenvalue weighted by Gasteiger charge is 2.18. The fourth-order valence-corrected chi connectivity index (χ4v) is 3.38. The second kappa shape index (κ2) is 7.49. The summed E-state index contributed by atoms with van der Waals surface area (Å²) in [6, 6.07) is 14.6. The van der Waals surface area contributed by atoms with E-state index in [1.165, 1.54) is 0 Å². The van der Waals surface area contributed by atoms with Crippen LogP contribution in [0.15, 0.2) is 48.5 Å². The molecular weight excluding hydrogens is 396 g/mol. The number of halogens is 1. The largest absolute Gasteiger partial charge is 0.297 e. The molecule has 0 saturated heterocycles. The standard InChI is InChI=1S/C19H15ClN6OS/c1-11-6-8-13(9-7-11)18(27)22-19-21-17(24-28-19)16-12(2)26(25-23-16)15-5-3-4-14(20)10-15/h3-10H,1-2H3,(H,21,22,24,27). The van der Waals surface area contributed by atoms with Gasteiger partial charge >= 0.3 is 0 Å². The smallest absolute Gasteiger partial charge is 0.257 e. The molecule has 0 saturated carbocycles. The molecule has 0 fully saturated rings. The SMILES string of the molecule is Cc1ccc(C(=O)Nc2nc(-c3nnn(-c4cccc(Cl)c4)c3C)ns2)cc1. The Morgan fingerprint density at radius 3 is 2.68 bits per heavy atom. The number of aromatic nitrogens is 5. The Bertz CT molecular complexity index is 1150. The summed E-state index contributed by atoms with van der Waals surface area (Å²) in [5.74, 6) is 0.178. The second-order valence-electron chi connectivity index (χ2n) is 6.16. The van der Waals surface area contributed by atoms with Gasteiger partial charge in [0.1, 0.15) is 0 Å². The van der Waals surface area contributed by atoms with Gasteiger partial charge in [0.05, 0.1) is 11.4 Å². The molecule has 0 bridgehead atoms. The highest BCUT2D eigenvalue weighted by molar-refractivity contribution is 7.10. The first-order chi connectivity index (χ1) is 13.5. The Labute approximate surface area is 170 Å². The van der Waals surface area contributed by atoms with Gasteiger partial charge in [-0.2, -0.15) is 9.36 Å². The summed E-state index contributed by atoms with van der Waals surface area (Å²) in [5.41, 5.74) is 3.77. The number of carbonyl (C=O) groups is 1. The highest BCUT2D eigenvalue weighted by Crippen LogP contribution is 2.24. The summed E-state index contributed by atoms with van der Waals surface area (Å²) < 4.78 is 5.98. The summed E-state index contributed by atoms with van der Waals surface area (Å²) in [6.45, 7) is 3.85. The monoisotopic (exact) mass is 410 g/mol. The molecule has 2 aromatic heterocycles. The minimum absolute atomic E-state index is 0.234. The molecule has 0 unspecified atom stereocenters. The van der Waals surface area contributed by atoms with Crippen LogP contribution in [0.5, 0.6) is 0 Å². The maximum atomic E-state index is 12.3. The minimum Gasteiger partial charge on any atom is -0.297 e. The number of carbonyl (C=O) groups excluding carboxylic acids is 1. The van der Waals surface area contributed by atoms with Crippen molar-refractivity contribution >= 4 is 34.2 Å². The number of amides is 1. The first kappa shape index (κ1) is 18.3. The lowest BCUT2D eigenvalue weighted by molar-refractivity contribution is 0.102. The van der Waals surface area contributed by atoms with Crippen molar-refractivity contribution in [3.8, 4) is 17.2 Å². The lowest BCUT2D eigenvalue weighted by Gasteiger charge is -2.03. The summed E-state index contributed by atoms with van der Waals surface area (Å²) in [6.07, 6.45) is 0. The molecule has 2 aromatic carbocycles. The summed E-state index contributed by atoms with van der Waals surface area (Å²) in [4.78, 5) is 16.7. The predicted molar refractivity (Wildman–Crippen MR) is 109 cm³/mol. The number of aryl methyl sites for hydroxylation is 1. The van der Waals surface area contributed by atoms with Crippen molar-refractivity contribution in [1.29, 1.82) is 0 Å². The Morgan fingerprint density at radius 2 is 1.93 bits per heavy atom. The van der Waals surface area contributed by atoms with Gasteiger partial charge in [0.15, 0.2) is 11.5 Å². The van der Waals surface area contributed by atoms with Gasteiger partial charge in [-0.25, -0.2) is 4.68 Å². The van der Waals surface area contributed by atoms with Crippen LogP contribution in [-0.2, 0) is 0 Å². The molecule has 0 aliphatic carbocycles. The zero-order valence-corrected chi connectivity index (χ0v) is 16.6. The van der Waals surface area contributed by atoms with Crippen LogP contribution >= 0.6 is 23.1 Å². The van der Waals surface area contributed by atoms with E-state index >= 15 is 0 Å². The van der Waals surface area contributed by atoms with Gasteiger partial charge in [-0.1, -0.05) is 40.6 Å². The predicted octanol–water partition coefficient (Wildman–Crippen LogP) is 4.31. The normalized spacial score (nSPS) is 10.8. The first-order valence-corrected chi connectivity index (χ1v) is 9.57. The van der Waals surface area contributed by atoms with Gasteiger partial charge in [0.25, 0.3) is 5.91 Å². The lowest BCUT2D eigenvalue weighted by atomic mass is 10.1. The molecule has 1 N–H and O–H groups in total. The van der Waals surface area contributed by atoms with Crippen LogP contribution in [0.4, 0.5) is 5.13 Å². The molecule has 0 radical (unpaired) electrons. The van der Waals surface area contributed by atoms with Gasteiger partial charge in [0, 0.05) is 22.1 Å². The molecule has 0 spiro atoms. The third-order valence-corrected chi connectivity index (χ3v) is 4.99. The van der Waals surface area contributed by atoms with E-state index in [9.17, 15) is 4.79 Å². The maximum absolute atomic E-state index is 12.3. The Hall–Kier alpha value is -3.10. The van der Waals surface area contributed by atoms with Crippen LogP contribution in [0.2, 0.25) is 5.02 Å². The van der Waals surface area contributed by atoms with Gasteiger partial charge in [-0.15, -0.1) is 5.10 Å².